The third-order valence-electron chi connectivity index (χ3n) is 2.00. The summed E-state index contributed by atoms with van der Waals surface area (Å²) in [5.41, 5.74) is 0. The SMILES string of the molecule is COc1ccc(S(=O)(=O)N[C@@H](C)CO)cc1. The van der Waals surface area contributed by atoms with Crippen molar-refractivity contribution in [3.63, 3.8) is 0 Å². The predicted octanol–water partition coefficient (Wildman–Crippen LogP) is 0.354. The van der Waals surface area contributed by atoms with Gasteiger partial charge in [-0.05, 0) is 31.2 Å². The number of nitrogens with one attached hydrogen (secondary N) is 1. The summed E-state index contributed by atoms with van der Waals surface area (Å²) < 4.78 is 30.7. The highest BCUT2D eigenvalue weighted by Gasteiger charge is 2.16. The first-order chi connectivity index (χ1) is 7.49. The van der Waals surface area contributed by atoms with E-state index in [1.807, 2.05) is 0 Å². The topological polar surface area (TPSA) is 75.6 Å². The molecule has 1 aromatic rings. The lowest BCUT2D eigenvalue weighted by molar-refractivity contribution is 0.265. The van der Waals surface area contributed by atoms with Crippen LogP contribution in [0.4, 0.5) is 0 Å². The van der Waals surface area contributed by atoms with Gasteiger partial charge < -0.3 is 9.84 Å². The van der Waals surface area contributed by atoms with Gasteiger partial charge in [0.05, 0.1) is 18.6 Å². The molecule has 0 aliphatic carbocycles. The first-order valence-electron chi connectivity index (χ1n) is 4.77. The molecular formula is C10H15NO4S. The molecule has 16 heavy (non-hydrogen) atoms. The van der Waals surface area contributed by atoms with Crippen LogP contribution in [0, 0.1) is 0 Å². The third-order valence-corrected chi connectivity index (χ3v) is 3.61. The lowest BCUT2D eigenvalue weighted by Gasteiger charge is -2.11. The zero-order valence-corrected chi connectivity index (χ0v) is 9.99. The van der Waals surface area contributed by atoms with Crippen molar-refractivity contribution >= 4 is 10.0 Å². The summed E-state index contributed by atoms with van der Waals surface area (Å²) in [6.45, 7) is 1.34. The van der Waals surface area contributed by atoms with Gasteiger partial charge in [-0.3, -0.25) is 0 Å². The van der Waals surface area contributed by atoms with Crippen molar-refractivity contribution in [2.75, 3.05) is 13.7 Å². The van der Waals surface area contributed by atoms with Crippen molar-refractivity contribution in [2.45, 2.75) is 17.9 Å². The second kappa shape index (κ2) is 5.29. The van der Waals surface area contributed by atoms with Crippen LogP contribution >= 0.6 is 0 Å². The molecule has 0 bridgehead atoms. The number of aliphatic hydroxyl groups is 1. The van der Waals surface area contributed by atoms with Crippen LogP contribution in [0.15, 0.2) is 29.2 Å². The van der Waals surface area contributed by atoms with E-state index in [9.17, 15) is 8.42 Å². The van der Waals surface area contributed by atoms with E-state index in [-0.39, 0.29) is 11.5 Å². The van der Waals surface area contributed by atoms with E-state index in [0.29, 0.717) is 5.75 Å². The smallest absolute Gasteiger partial charge is 0.240 e. The van der Waals surface area contributed by atoms with Crippen LogP contribution < -0.4 is 9.46 Å². The Hall–Kier alpha value is -1.11. The van der Waals surface area contributed by atoms with E-state index < -0.39 is 16.1 Å². The molecule has 1 rings (SSSR count). The Labute approximate surface area is 95.1 Å². The Bertz CT molecular complexity index is 427. The first-order valence-corrected chi connectivity index (χ1v) is 6.25. The molecule has 0 fully saturated rings. The number of hydrogen-bond acceptors (Lipinski definition) is 4. The Morgan fingerprint density at radius 2 is 1.94 bits per heavy atom. The highest BCUT2D eigenvalue weighted by molar-refractivity contribution is 7.89. The number of methoxy groups -OCH3 is 1. The minimum Gasteiger partial charge on any atom is -0.497 e. The average molecular weight is 245 g/mol. The Balaban J connectivity index is 2.90. The predicted molar refractivity (Wildman–Crippen MR) is 59.9 cm³/mol. The maximum Gasteiger partial charge on any atom is 0.240 e. The Morgan fingerprint density at radius 3 is 2.38 bits per heavy atom. The van der Waals surface area contributed by atoms with Crippen molar-refractivity contribution in [3.8, 4) is 5.75 Å². The fourth-order valence-corrected chi connectivity index (χ4v) is 2.36. The molecule has 0 saturated heterocycles. The van der Waals surface area contributed by atoms with Crippen molar-refractivity contribution in [3.05, 3.63) is 24.3 Å². The van der Waals surface area contributed by atoms with E-state index in [1.165, 1.54) is 19.2 Å². The van der Waals surface area contributed by atoms with Crippen LogP contribution in [0.2, 0.25) is 0 Å². The fraction of sp³-hybridized carbons (Fsp3) is 0.400. The van der Waals surface area contributed by atoms with Gasteiger partial charge in [-0.15, -0.1) is 0 Å². The monoisotopic (exact) mass is 245 g/mol. The maximum absolute atomic E-state index is 11.7. The first kappa shape index (κ1) is 13.0. The summed E-state index contributed by atoms with van der Waals surface area (Å²) in [5, 5.41) is 8.78. The summed E-state index contributed by atoms with van der Waals surface area (Å²) in [7, 11) is -2.05. The lowest BCUT2D eigenvalue weighted by atomic mass is 10.3. The Kier molecular flexibility index (Phi) is 4.28. The van der Waals surface area contributed by atoms with Gasteiger partial charge in [-0.1, -0.05) is 0 Å². The molecule has 2 N–H and O–H groups in total. The molecule has 90 valence electrons. The number of rotatable bonds is 5. The van der Waals surface area contributed by atoms with E-state index in [0.717, 1.165) is 0 Å². The molecule has 5 nitrogen and oxygen atoms in total. The highest BCUT2D eigenvalue weighted by atomic mass is 32.2. The van der Waals surface area contributed by atoms with Gasteiger partial charge in [0.25, 0.3) is 0 Å². The Morgan fingerprint density at radius 1 is 1.38 bits per heavy atom. The molecule has 1 atom stereocenters. The maximum atomic E-state index is 11.7. The summed E-state index contributed by atoms with van der Waals surface area (Å²) in [5.74, 6) is 0.592. The molecule has 0 saturated carbocycles. The van der Waals surface area contributed by atoms with Crippen LogP contribution in [0.5, 0.6) is 5.75 Å². The van der Waals surface area contributed by atoms with Gasteiger partial charge in [-0.25, -0.2) is 13.1 Å². The zero-order chi connectivity index (χ0) is 12.2. The minimum atomic E-state index is -3.56. The second-order valence-corrected chi connectivity index (χ2v) is 5.09. The fourth-order valence-electron chi connectivity index (χ4n) is 1.13. The van der Waals surface area contributed by atoms with Crippen LogP contribution in [-0.2, 0) is 10.0 Å². The van der Waals surface area contributed by atoms with Gasteiger partial charge in [0.2, 0.25) is 10.0 Å². The number of benzene rings is 1. The van der Waals surface area contributed by atoms with E-state index in [1.54, 1.807) is 19.1 Å². The molecule has 0 aliphatic heterocycles. The van der Waals surface area contributed by atoms with Gasteiger partial charge in [0, 0.05) is 6.04 Å². The van der Waals surface area contributed by atoms with Crippen molar-refractivity contribution in [2.24, 2.45) is 0 Å². The van der Waals surface area contributed by atoms with Crippen molar-refractivity contribution < 1.29 is 18.3 Å². The quantitative estimate of drug-likeness (QED) is 0.785. The minimum absolute atomic E-state index is 0.147. The van der Waals surface area contributed by atoms with Gasteiger partial charge in [0.1, 0.15) is 5.75 Å². The van der Waals surface area contributed by atoms with E-state index >= 15 is 0 Å². The molecule has 0 unspecified atom stereocenters. The second-order valence-electron chi connectivity index (χ2n) is 3.38. The largest absolute Gasteiger partial charge is 0.497 e. The summed E-state index contributed by atoms with van der Waals surface area (Å²) in [4.78, 5) is 0.147. The van der Waals surface area contributed by atoms with Gasteiger partial charge in [-0.2, -0.15) is 0 Å². The van der Waals surface area contributed by atoms with Crippen LogP contribution in [0.25, 0.3) is 0 Å². The van der Waals surface area contributed by atoms with Crippen LogP contribution in [-0.4, -0.2) is 33.3 Å². The van der Waals surface area contributed by atoms with Gasteiger partial charge >= 0.3 is 0 Å². The summed E-state index contributed by atoms with van der Waals surface area (Å²) in [6.07, 6.45) is 0. The lowest BCUT2D eigenvalue weighted by Crippen LogP contribution is -2.34. The number of sulfonamides is 1. The number of ether oxygens (including phenoxy) is 1. The molecule has 6 heteroatoms. The summed E-state index contributed by atoms with van der Waals surface area (Å²) in [6, 6.07) is 5.53. The standard InChI is InChI=1S/C10H15NO4S/c1-8(7-12)11-16(13,14)10-5-3-9(15-2)4-6-10/h3-6,8,11-12H,7H2,1-2H3/t8-/m0/s1. The molecule has 0 aliphatic rings. The van der Waals surface area contributed by atoms with Crippen molar-refractivity contribution in [1.29, 1.82) is 0 Å². The van der Waals surface area contributed by atoms with Crippen LogP contribution in [0.3, 0.4) is 0 Å². The molecule has 0 spiro atoms. The normalized spacial score (nSPS) is 13.4. The average Bonchev–Trinajstić information content (AvgIpc) is 2.28. The highest BCUT2D eigenvalue weighted by Crippen LogP contribution is 2.15. The van der Waals surface area contributed by atoms with E-state index in [2.05, 4.69) is 4.72 Å². The number of hydrogen-bond donors (Lipinski definition) is 2. The van der Waals surface area contributed by atoms with Crippen molar-refractivity contribution in [1.82, 2.24) is 4.72 Å². The molecule has 0 aromatic heterocycles. The third kappa shape index (κ3) is 3.19. The molecule has 0 amide bonds. The molecule has 0 heterocycles. The zero-order valence-electron chi connectivity index (χ0n) is 9.17. The summed E-state index contributed by atoms with van der Waals surface area (Å²) >= 11 is 0. The van der Waals surface area contributed by atoms with E-state index in [4.69, 9.17) is 9.84 Å². The van der Waals surface area contributed by atoms with Crippen LogP contribution in [0.1, 0.15) is 6.92 Å². The molecule has 1 aromatic carbocycles. The number of aliphatic hydroxyl groups excluding tert-OH is 1. The molecule has 0 radical (unpaired) electrons. The molecular weight excluding hydrogens is 230 g/mol. The van der Waals surface area contributed by atoms with Gasteiger partial charge in [0.15, 0.2) is 0 Å².